The van der Waals surface area contributed by atoms with E-state index in [1.807, 2.05) is 18.2 Å². The van der Waals surface area contributed by atoms with Crippen LogP contribution in [0.5, 0.6) is 0 Å². The van der Waals surface area contributed by atoms with Gasteiger partial charge in [0.25, 0.3) is 5.91 Å². The number of oxazole rings is 1. The van der Waals surface area contributed by atoms with Crippen molar-refractivity contribution < 1.29 is 9.21 Å². The van der Waals surface area contributed by atoms with E-state index < -0.39 is 0 Å². The molecule has 3 N–H and O–H groups in total. The van der Waals surface area contributed by atoms with Crippen LogP contribution >= 0.6 is 0 Å². The van der Waals surface area contributed by atoms with Gasteiger partial charge in [-0.3, -0.25) is 4.79 Å². The molecule has 2 aromatic rings. The lowest BCUT2D eigenvalue weighted by Crippen LogP contribution is -2.24. The van der Waals surface area contributed by atoms with Crippen molar-refractivity contribution in [2.45, 2.75) is 96.8 Å². The highest BCUT2D eigenvalue weighted by Gasteiger charge is 2.14. The summed E-state index contributed by atoms with van der Waals surface area (Å²) in [4.78, 5) is 16.5. The second kappa shape index (κ2) is 15.5. The molecule has 172 valence electrons. The normalized spacial score (nSPS) is 11.0. The number of unbranched alkanes of at least 4 members (excludes halogenated alkanes) is 13. The summed E-state index contributed by atoms with van der Waals surface area (Å²) >= 11 is 0. The van der Waals surface area contributed by atoms with Crippen molar-refractivity contribution in [1.29, 1.82) is 0 Å². The molecule has 5 heteroatoms. The first kappa shape index (κ1) is 25.0. The highest BCUT2D eigenvalue weighted by atomic mass is 16.3. The van der Waals surface area contributed by atoms with Crippen molar-refractivity contribution in [2.75, 3.05) is 12.3 Å². The Morgan fingerprint density at radius 3 is 2.00 bits per heavy atom. The first-order valence-electron chi connectivity index (χ1n) is 12.3. The Balaban J connectivity index is 1.45. The highest BCUT2D eigenvalue weighted by Crippen LogP contribution is 2.24. The Bertz CT molecular complexity index is 742. The number of hydrogen-bond donors (Lipinski definition) is 2. The molecule has 0 radical (unpaired) electrons. The van der Waals surface area contributed by atoms with E-state index in [0.29, 0.717) is 29.4 Å². The molecule has 0 unspecified atom stereocenters. The van der Waals surface area contributed by atoms with Crippen LogP contribution in [-0.2, 0) is 0 Å². The molecule has 1 heterocycles. The molecule has 0 bridgehead atoms. The first-order valence-corrected chi connectivity index (χ1v) is 12.3. The molecular weight excluding hydrogens is 386 g/mol. The van der Waals surface area contributed by atoms with Crippen LogP contribution in [0.15, 0.2) is 34.9 Å². The summed E-state index contributed by atoms with van der Waals surface area (Å²) in [5.41, 5.74) is 7.52. The van der Waals surface area contributed by atoms with E-state index in [1.165, 1.54) is 83.3 Å². The molecule has 0 aliphatic rings. The summed E-state index contributed by atoms with van der Waals surface area (Å²) in [6.07, 6.45) is 20.0. The number of aromatic nitrogens is 1. The standard InChI is InChI=1S/C26H41N3O2/c1-2-3-4-5-6-7-8-9-10-11-12-13-14-17-20-28-25(30)24-21-31-26(29-24)22-18-15-16-19-23(22)27/h15-16,18-19,21H,2-14,17,20,27H2,1H3,(H,28,30). The quantitative estimate of drug-likeness (QED) is 0.208. The molecule has 1 aromatic carbocycles. The van der Waals surface area contributed by atoms with Gasteiger partial charge in [-0.05, 0) is 18.6 Å². The van der Waals surface area contributed by atoms with Gasteiger partial charge in [0, 0.05) is 12.2 Å². The maximum Gasteiger partial charge on any atom is 0.273 e. The number of benzene rings is 1. The molecular formula is C26H41N3O2. The summed E-state index contributed by atoms with van der Waals surface area (Å²) in [5, 5.41) is 2.93. The predicted octanol–water partition coefficient (Wildman–Crippen LogP) is 7.13. The molecule has 0 aliphatic heterocycles. The van der Waals surface area contributed by atoms with Gasteiger partial charge in [-0.25, -0.2) is 4.98 Å². The van der Waals surface area contributed by atoms with Crippen molar-refractivity contribution in [3.8, 4) is 11.5 Å². The number of amides is 1. The number of rotatable bonds is 17. The Morgan fingerprint density at radius 2 is 1.42 bits per heavy atom. The largest absolute Gasteiger partial charge is 0.444 e. The summed E-state index contributed by atoms with van der Waals surface area (Å²) in [7, 11) is 0. The molecule has 5 nitrogen and oxygen atoms in total. The Morgan fingerprint density at radius 1 is 0.871 bits per heavy atom. The molecule has 0 spiro atoms. The molecule has 2 rings (SSSR count). The van der Waals surface area contributed by atoms with E-state index >= 15 is 0 Å². The van der Waals surface area contributed by atoms with Crippen LogP contribution in [0, 0.1) is 0 Å². The third-order valence-electron chi connectivity index (χ3n) is 5.74. The molecule has 1 amide bonds. The number of nitrogens with one attached hydrogen (secondary N) is 1. The minimum atomic E-state index is -0.195. The molecule has 0 atom stereocenters. The van der Waals surface area contributed by atoms with Crippen LogP contribution in [0.1, 0.15) is 107 Å². The lowest BCUT2D eigenvalue weighted by Gasteiger charge is -2.04. The zero-order chi connectivity index (χ0) is 22.2. The fourth-order valence-electron chi connectivity index (χ4n) is 3.81. The molecule has 0 fully saturated rings. The second-order valence-corrected chi connectivity index (χ2v) is 8.48. The third-order valence-corrected chi connectivity index (χ3v) is 5.74. The average molecular weight is 428 g/mol. The number of anilines is 1. The van der Waals surface area contributed by atoms with Crippen LogP contribution in [0.4, 0.5) is 5.69 Å². The zero-order valence-electron chi connectivity index (χ0n) is 19.3. The molecule has 0 aliphatic carbocycles. The van der Waals surface area contributed by atoms with Gasteiger partial charge in [-0.2, -0.15) is 0 Å². The predicted molar refractivity (Wildman–Crippen MR) is 129 cm³/mol. The fraction of sp³-hybridized carbons (Fsp3) is 0.615. The van der Waals surface area contributed by atoms with Gasteiger partial charge >= 0.3 is 0 Å². The van der Waals surface area contributed by atoms with Gasteiger partial charge in [-0.15, -0.1) is 0 Å². The number of nitrogen functional groups attached to an aromatic ring is 1. The fourth-order valence-corrected chi connectivity index (χ4v) is 3.81. The van der Waals surface area contributed by atoms with Gasteiger partial charge in [0.2, 0.25) is 5.89 Å². The summed E-state index contributed by atoms with van der Waals surface area (Å²) < 4.78 is 5.43. The van der Waals surface area contributed by atoms with Crippen molar-refractivity contribution >= 4 is 11.6 Å². The minimum Gasteiger partial charge on any atom is -0.444 e. The van der Waals surface area contributed by atoms with Gasteiger partial charge < -0.3 is 15.5 Å². The summed E-state index contributed by atoms with van der Waals surface area (Å²) in [6, 6.07) is 7.34. The third kappa shape index (κ3) is 10.0. The van der Waals surface area contributed by atoms with Crippen molar-refractivity contribution in [3.05, 3.63) is 36.2 Å². The summed E-state index contributed by atoms with van der Waals surface area (Å²) in [6.45, 7) is 2.94. The van der Waals surface area contributed by atoms with E-state index in [0.717, 1.165) is 12.8 Å². The van der Waals surface area contributed by atoms with Crippen LogP contribution in [0.2, 0.25) is 0 Å². The smallest absolute Gasteiger partial charge is 0.273 e. The Hall–Kier alpha value is -2.30. The van der Waals surface area contributed by atoms with Gasteiger partial charge in [0.15, 0.2) is 5.69 Å². The molecule has 0 saturated carbocycles. The van der Waals surface area contributed by atoms with Crippen molar-refractivity contribution in [1.82, 2.24) is 10.3 Å². The van der Waals surface area contributed by atoms with Crippen LogP contribution < -0.4 is 11.1 Å². The van der Waals surface area contributed by atoms with E-state index in [9.17, 15) is 4.79 Å². The minimum absolute atomic E-state index is 0.195. The lowest BCUT2D eigenvalue weighted by molar-refractivity contribution is 0.0948. The maximum atomic E-state index is 12.2. The topological polar surface area (TPSA) is 81.2 Å². The lowest BCUT2D eigenvalue weighted by atomic mass is 10.0. The Kier molecular flexibility index (Phi) is 12.5. The number of carbonyl (C=O) groups excluding carboxylic acids is 1. The number of para-hydroxylation sites is 1. The van der Waals surface area contributed by atoms with Crippen LogP contribution in [-0.4, -0.2) is 17.4 Å². The van der Waals surface area contributed by atoms with Crippen molar-refractivity contribution in [3.63, 3.8) is 0 Å². The van der Waals surface area contributed by atoms with Gasteiger partial charge in [0.05, 0.1) is 5.56 Å². The summed E-state index contributed by atoms with van der Waals surface area (Å²) in [5.74, 6) is 0.180. The van der Waals surface area contributed by atoms with Crippen LogP contribution in [0.25, 0.3) is 11.5 Å². The number of nitrogens with two attached hydrogens (primary N) is 1. The zero-order valence-corrected chi connectivity index (χ0v) is 19.3. The van der Waals surface area contributed by atoms with E-state index in [-0.39, 0.29) is 5.91 Å². The average Bonchev–Trinajstić information content (AvgIpc) is 3.27. The number of nitrogens with zero attached hydrogens (tertiary/aromatic N) is 1. The first-order chi connectivity index (χ1) is 15.2. The Labute approximate surface area is 188 Å². The molecule has 0 saturated heterocycles. The number of hydrogen-bond acceptors (Lipinski definition) is 4. The molecule has 1 aromatic heterocycles. The van der Waals surface area contributed by atoms with Crippen LogP contribution in [0.3, 0.4) is 0 Å². The number of carbonyl (C=O) groups is 1. The SMILES string of the molecule is CCCCCCCCCCCCCCCCNC(=O)c1coc(-c2ccccc2N)n1. The second-order valence-electron chi connectivity index (χ2n) is 8.48. The molecule has 31 heavy (non-hydrogen) atoms. The van der Waals surface area contributed by atoms with Gasteiger partial charge in [0.1, 0.15) is 6.26 Å². The van der Waals surface area contributed by atoms with Crippen molar-refractivity contribution in [2.24, 2.45) is 0 Å². The van der Waals surface area contributed by atoms with E-state index in [1.54, 1.807) is 6.07 Å². The highest BCUT2D eigenvalue weighted by molar-refractivity contribution is 5.92. The van der Waals surface area contributed by atoms with Gasteiger partial charge in [-0.1, -0.05) is 103 Å². The maximum absolute atomic E-state index is 12.2. The monoisotopic (exact) mass is 427 g/mol. The van der Waals surface area contributed by atoms with E-state index in [4.69, 9.17) is 10.2 Å². The van der Waals surface area contributed by atoms with E-state index in [2.05, 4.69) is 17.2 Å².